The van der Waals surface area contributed by atoms with Crippen LogP contribution < -0.4 is 4.74 Å². The average molecular weight is 380 g/mol. The molecular weight excluding hydrogens is 361 g/mol. The Morgan fingerprint density at radius 3 is 2.37 bits per heavy atom. The first-order valence-corrected chi connectivity index (χ1v) is 8.14. The lowest BCUT2D eigenvalue weighted by atomic mass is 9.95. The first-order valence-electron chi connectivity index (χ1n) is 8.14. The van der Waals surface area contributed by atoms with Gasteiger partial charge in [-0.15, -0.1) is 0 Å². The van der Waals surface area contributed by atoms with Crippen LogP contribution in [0.15, 0.2) is 42.5 Å². The molecule has 0 aromatic heterocycles. The molecule has 0 heterocycles. The molecule has 0 unspecified atom stereocenters. The molecule has 0 spiro atoms. The Morgan fingerprint density at radius 2 is 1.85 bits per heavy atom. The number of methoxy groups -OCH3 is 1. The van der Waals surface area contributed by atoms with E-state index in [4.69, 9.17) is 9.47 Å². The van der Waals surface area contributed by atoms with Gasteiger partial charge in [0, 0.05) is 12.7 Å². The number of carboxylic acids is 1. The van der Waals surface area contributed by atoms with Gasteiger partial charge in [-0.25, -0.2) is 4.79 Å². The minimum atomic E-state index is -4.62. The molecule has 0 aliphatic rings. The first-order chi connectivity index (χ1) is 12.8. The van der Waals surface area contributed by atoms with Crippen molar-refractivity contribution in [1.29, 1.82) is 0 Å². The normalized spacial score (nSPS) is 12.1. The fourth-order valence-electron chi connectivity index (χ4n) is 2.57. The second kappa shape index (κ2) is 8.73. The van der Waals surface area contributed by atoms with E-state index in [1.807, 2.05) is 0 Å². The average Bonchev–Trinajstić information content (AvgIpc) is 2.63. The number of hydrogen-bond acceptors (Lipinski definition) is 3. The van der Waals surface area contributed by atoms with E-state index in [2.05, 4.69) is 0 Å². The zero-order valence-corrected chi connectivity index (χ0v) is 14.8. The van der Waals surface area contributed by atoms with E-state index >= 15 is 0 Å². The summed E-state index contributed by atoms with van der Waals surface area (Å²) in [5.74, 6) is -1.29. The first kappa shape index (κ1) is 20.5. The van der Waals surface area contributed by atoms with E-state index in [0.29, 0.717) is 5.56 Å². The van der Waals surface area contributed by atoms with Gasteiger partial charge in [0.2, 0.25) is 0 Å². The smallest absolute Gasteiger partial charge is 0.416 e. The molecule has 0 bridgehead atoms. The molecule has 0 atom stereocenters. The molecule has 4 nitrogen and oxygen atoms in total. The third-order valence-electron chi connectivity index (χ3n) is 3.83. The van der Waals surface area contributed by atoms with E-state index < -0.39 is 17.7 Å². The molecule has 144 valence electrons. The number of alkyl halides is 3. The Hall–Kier alpha value is -2.80. The molecule has 1 N–H and O–H groups in total. The minimum absolute atomic E-state index is 0.0666. The molecule has 27 heavy (non-hydrogen) atoms. The molecule has 2 aromatic carbocycles. The summed E-state index contributed by atoms with van der Waals surface area (Å²) >= 11 is 0. The Labute approximate surface area is 154 Å². The van der Waals surface area contributed by atoms with E-state index in [9.17, 15) is 23.1 Å². The molecule has 0 saturated heterocycles. The van der Waals surface area contributed by atoms with Crippen LogP contribution in [0.5, 0.6) is 5.75 Å². The second-order valence-corrected chi connectivity index (χ2v) is 5.69. The Morgan fingerprint density at radius 1 is 1.19 bits per heavy atom. The lowest BCUT2D eigenvalue weighted by Gasteiger charge is -2.18. The lowest BCUT2D eigenvalue weighted by Crippen LogP contribution is -2.12. The van der Waals surface area contributed by atoms with Gasteiger partial charge >= 0.3 is 12.1 Å². The second-order valence-electron chi connectivity index (χ2n) is 5.69. The fourth-order valence-corrected chi connectivity index (χ4v) is 2.57. The SMILES string of the molecule is CCc1cc(C(F)(F)F)cc(C(=Cc2ccccc2)C(=O)O)c1OCOC. The highest BCUT2D eigenvalue weighted by atomic mass is 19.4. The summed E-state index contributed by atoms with van der Waals surface area (Å²) in [6, 6.07) is 10.3. The number of carbonyl (C=O) groups is 1. The van der Waals surface area contributed by atoms with Crippen LogP contribution in [0.1, 0.15) is 29.2 Å². The van der Waals surface area contributed by atoms with Crippen molar-refractivity contribution in [3.05, 3.63) is 64.7 Å². The van der Waals surface area contributed by atoms with Crippen LogP contribution in [0, 0.1) is 0 Å². The lowest BCUT2D eigenvalue weighted by molar-refractivity contribution is -0.137. The summed E-state index contributed by atoms with van der Waals surface area (Å²) in [5, 5.41) is 9.66. The van der Waals surface area contributed by atoms with Gasteiger partial charge in [-0.1, -0.05) is 37.3 Å². The molecule has 0 radical (unpaired) electrons. The molecule has 0 amide bonds. The summed E-state index contributed by atoms with van der Waals surface area (Å²) < 4.78 is 50.3. The van der Waals surface area contributed by atoms with E-state index in [1.54, 1.807) is 37.3 Å². The Balaban J connectivity index is 2.75. The Bertz CT molecular complexity index is 827. The van der Waals surface area contributed by atoms with Gasteiger partial charge in [-0.05, 0) is 35.8 Å². The van der Waals surface area contributed by atoms with Crippen LogP contribution in [0.3, 0.4) is 0 Å². The van der Waals surface area contributed by atoms with Crippen molar-refractivity contribution in [3.8, 4) is 5.75 Å². The summed E-state index contributed by atoms with van der Waals surface area (Å²) in [7, 11) is 1.37. The van der Waals surface area contributed by atoms with Crippen molar-refractivity contribution in [2.45, 2.75) is 19.5 Å². The third kappa shape index (κ3) is 5.10. The maximum atomic E-state index is 13.3. The molecule has 2 aromatic rings. The highest BCUT2D eigenvalue weighted by molar-refractivity contribution is 6.21. The van der Waals surface area contributed by atoms with Gasteiger partial charge in [0.1, 0.15) is 5.75 Å². The van der Waals surface area contributed by atoms with Crippen LogP contribution in [0.4, 0.5) is 13.2 Å². The minimum Gasteiger partial charge on any atom is -0.478 e. The largest absolute Gasteiger partial charge is 0.478 e. The predicted molar refractivity (Wildman–Crippen MR) is 95.3 cm³/mol. The van der Waals surface area contributed by atoms with Gasteiger partial charge in [-0.2, -0.15) is 13.2 Å². The maximum absolute atomic E-state index is 13.3. The van der Waals surface area contributed by atoms with Crippen LogP contribution in [0.25, 0.3) is 11.6 Å². The van der Waals surface area contributed by atoms with Crippen LogP contribution >= 0.6 is 0 Å². The molecule has 0 aliphatic heterocycles. The van der Waals surface area contributed by atoms with E-state index in [0.717, 1.165) is 12.1 Å². The highest BCUT2D eigenvalue weighted by Crippen LogP contribution is 2.39. The summed E-state index contributed by atoms with van der Waals surface area (Å²) in [5.41, 5.74) is -0.581. The molecule has 0 saturated carbocycles. The number of aryl methyl sites for hydroxylation is 1. The number of ether oxygens (including phenoxy) is 2. The number of carboxylic acid groups (broad SMARTS) is 1. The third-order valence-corrected chi connectivity index (χ3v) is 3.83. The van der Waals surface area contributed by atoms with Crippen LogP contribution in [-0.2, 0) is 22.1 Å². The van der Waals surface area contributed by atoms with Crippen molar-refractivity contribution in [3.63, 3.8) is 0 Å². The monoisotopic (exact) mass is 380 g/mol. The zero-order chi connectivity index (χ0) is 20.0. The quantitative estimate of drug-likeness (QED) is 0.423. The van der Waals surface area contributed by atoms with Gasteiger partial charge in [0.25, 0.3) is 0 Å². The standard InChI is InChI=1S/C20H19F3O4/c1-3-14-10-15(20(21,22)23)11-16(18(14)27-12-26-2)17(19(24)25)9-13-7-5-4-6-8-13/h4-11H,3,12H2,1-2H3,(H,24,25). The number of rotatable bonds is 7. The zero-order valence-electron chi connectivity index (χ0n) is 14.8. The number of aliphatic carboxylic acids is 1. The van der Waals surface area contributed by atoms with Crippen molar-refractivity contribution >= 4 is 17.6 Å². The van der Waals surface area contributed by atoms with E-state index in [-0.39, 0.29) is 35.7 Å². The number of benzene rings is 2. The van der Waals surface area contributed by atoms with E-state index in [1.165, 1.54) is 13.2 Å². The van der Waals surface area contributed by atoms with Crippen molar-refractivity contribution in [2.24, 2.45) is 0 Å². The van der Waals surface area contributed by atoms with Crippen LogP contribution in [-0.4, -0.2) is 25.0 Å². The fraction of sp³-hybridized carbons (Fsp3) is 0.250. The predicted octanol–water partition coefficient (Wildman–Crippen LogP) is 4.88. The van der Waals surface area contributed by atoms with Gasteiger partial charge in [-0.3, -0.25) is 0 Å². The van der Waals surface area contributed by atoms with Crippen molar-refractivity contribution in [2.75, 3.05) is 13.9 Å². The number of hydrogen-bond donors (Lipinski definition) is 1. The van der Waals surface area contributed by atoms with Crippen molar-refractivity contribution < 1.29 is 32.5 Å². The highest BCUT2D eigenvalue weighted by Gasteiger charge is 2.33. The maximum Gasteiger partial charge on any atom is 0.416 e. The molecule has 0 aliphatic carbocycles. The summed E-state index contributed by atoms with van der Waals surface area (Å²) in [6.45, 7) is 1.45. The topological polar surface area (TPSA) is 55.8 Å². The van der Waals surface area contributed by atoms with Gasteiger partial charge in [0.05, 0.1) is 11.1 Å². The molecule has 7 heteroatoms. The Kier molecular flexibility index (Phi) is 6.63. The summed E-state index contributed by atoms with van der Waals surface area (Å²) in [6.07, 6.45) is -3.07. The number of halogens is 3. The summed E-state index contributed by atoms with van der Waals surface area (Å²) in [4.78, 5) is 11.9. The van der Waals surface area contributed by atoms with Gasteiger partial charge in [0.15, 0.2) is 6.79 Å². The van der Waals surface area contributed by atoms with Crippen LogP contribution in [0.2, 0.25) is 0 Å². The van der Waals surface area contributed by atoms with Gasteiger partial charge < -0.3 is 14.6 Å². The molecular formula is C20H19F3O4. The van der Waals surface area contributed by atoms with Crippen molar-refractivity contribution in [1.82, 2.24) is 0 Å². The molecule has 0 fully saturated rings. The molecule has 2 rings (SSSR count).